The lowest BCUT2D eigenvalue weighted by Gasteiger charge is -2.20. The van der Waals surface area contributed by atoms with Crippen LogP contribution in [0.2, 0.25) is 0 Å². The number of aliphatic hydroxyl groups excluding tert-OH is 1. The predicted octanol–water partition coefficient (Wildman–Crippen LogP) is 3.04. The number of ether oxygens (including phenoxy) is 1. The smallest absolute Gasteiger partial charge is 0.306 e. The van der Waals surface area contributed by atoms with Gasteiger partial charge in [0.15, 0.2) is 0 Å². The summed E-state index contributed by atoms with van der Waals surface area (Å²) in [6.45, 7) is 8.64. The van der Waals surface area contributed by atoms with Crippen molar-refractivity contribution in [3.05, 3.63) is 52.3 Å². The molecule has 0 saturated heterocycles. The van der Waals surface area contributed by atoms with Crippen LogP contribution in [0.4, 0.5) is 0 Å². The molecule has 1 N–H and O–H groups in total. The summed E-state index contributed by atoms with van der Waals surface area (Å²) >= 11 is 0. The fourth-order valence-electron chi connectivity index (χ4n) is 3.50. The van der Waals surface area contributed by atoms with Gasteiger partial charge in [0, 0.05) is 18.2 Å². The number of fused-ring (bicyclic) bond motifs is 1. The van der Waals surface area contributed by atoms with E-state index < -0.39 is 0 Å². The van der Waals surface area contributed by atoms with Crippen LogP contribution < -0.4 is 0 Å². The van der Waals surface area contributed by atoms with E-state index >= 15 is 0 Å². The lowest BCUT2D eigenvalue weighted by atomic mass is 9.88. The molecule has 0 aliphatic rings. The number of carbonyl (C=O) groups is 1. The van der Waals surface area contributed by atoms with Crippen molar-refractivity contribution in [1.82, 2.24) is 20.0 Å². The molecule has 1 aromatic carbocycles. The molecule has 7 heteroatoms. The molecule has 7 nitrogen and oxygen atoms in total. The van der Waals surface area contributed by atoms with E-state index in [0.29, 0.717) is 12.3 Å². The monoisotopic (exact) mass is 382 g/mol. The Morgan fingerprint density at radius 1 is 1.21 bits per heavy atom. The van der Waals surface area contributed by atoms with Gasteiger partial charge in [-0.15, -0.1) is 5.10 Å². The highest BCUT2D eigenvalue weighted by atomic mass is 16.5. The summed E-state index contributed by atoms with van der Waals surface area (Å²) in [5.74, 6) is -0.571. The molecule has 0 fully saturated rings. The third-order valence-corrected chi connectivity index (χ3v) is 5.06. The molecule has 0 aliphatic carbocycles. The Kier molecular flexibility index (Phi) is 6.04. The second kappa shape index (κ2) is 8.48. The van der Waals surface area contributed by atoms with Crippen molar-refractivity contribution < 1.29 is 14.6 Å². The van der Waals surface area contributed by atoms with Gasteiger partial charge < -0.3 is 9.84 Å². The number of esters is 1. The third kappa shape index (κ3) is 3.75. The van der Waals surface area contributed by atoms with Crippen molar-refractivity contribution in [3.8, 4) is 0 Å². The Balaban J connectivity index is 2.12. The number of hydrogen-bond donors (Lipinski definition) is 1. The molecule has 0 amide bonds. The maximum atomic E-state index is 12.3. The molecule has 3 aromatic rings. The van der Waals surface area contributed by atoms with Gasteiger partial charge in [0.2, 0.25) is 0 Å². The van der Waals surface area contributed by atoms with Crippen LogP contribution in [-0.2, 0) is 22.7 Å². The molecule has 1 atom stereocenters. The lowest BCUT2D eigenvalue weighted by molar-refractivity contribution is -0.143. The third-order valence-electron chi connectivity index (χ3n) is 5.06. The first-order chi connectivity index (χ1) is 13.5. The van der Waals surface area contributed by atoms with Gasteiger partial charge in [0.25, 0.3) is 0 Å². The Morgan fingerprint density at radius 3 is 2.68 bits per heavy atom. The van der Waals surface area contributed by atoms with Gasteiger partial charge in [0.05, 0.1) is 30.8 Å². The minimum atomic E-state index is -0.291. The maximum Gasteiger partial charge on any atom is 0.306 e. The molecular formula is C21H26N4O3. The average Bonchev–Trinajstić information content (AvgIpc) is 3.11. The quantitative estimate of drug-likeness (QED) is 0.632. The van der Waals surface area contributed by atoms with Gasteiger partial charge in [-0.1, -0.05) is 17.3 Å². The first-order valence-corrected chi connectivity index (χ1v) is 9.55. The van der Waals surface area contributed by atoms with E-state index in [0.717, 1.165) is 40.0 Å². The number of carbonyl (C=O) groups excluding carboxylic acids is 1. The highest BCUT2D eigenvalue weighted by molar-refractivity contribution is 5.80. The summed E-state index contributed by atoms with van der Waals surface area (Å²) in [5, 5.41) is 18.1. The average molecular weight is 382 g/mol. The summed E-state index contributed by atoms with van der Waals surface area (Å²) in [4.78, 5) is 16.9. The first kappa shape index (κ1) is 19.9. The summed E-state index contributed by atoms with van der Waals surface area (Å²) in [7, 11) is 0. The van der Waals surface area contributed by atoms with Gasteiger partial charge in [-0.2, -0.15) is 0 Å². The van der Waals surface area contributed by atoms with Crippen LogP contribution in [-0.4, -0.2) is 37.7 Å². The van der Waals surface area contributed by atoms with E-state index in [9.17, 15) is 9.90 Å². The second-order valence-corrected chi connectivity index (χ2v) is 6.77. The maximum absolute atomic E-state index is 12.3. The molecule has 0 aliphatic heterocycles. The molecule has 1 unspecified atom stereocenters. The second-order valence-electron chi connectivity index (χ2n) is 6.77. The van der Waals surface area contributed by atoms with Crippen LogP contribution in [0.1, 0.15) is 54.3 Å². The van der Waals surface area contributed by atoms with E-state index in [4.69, 9.17) is 4.74 Å². The number of aryl methyl sites for hydroxylation is 3. The lowest BCUT2D eigenvalue weighted by Crippen LogP contribution is -2.15. The van der Waals surface area contributed by atoms with Crippen molar-refractivity contribution >= 4 is 17.0 Å². The molecule has 2 aromatic heterocycles. The number of benzene rings is 1. The first-order valence-electron chi connectivity index (χ1n) is 9.55. The van der Waals surface area contributed by atoms with Gasteiger partial charge >= 0.3 is 5.97 Å². The molecule has 28 heavy (non-hydrogen) atoms. The Labute approximate surface area is 164 Å². The minimum Gasteiger partial charge on any atom is -0.466 e. The molecule has 0 radical (unpaired) electrons. The molecular weight excluding hydrogens is 356 g/mol. The topological polar surface area (TPSA) is 90.1 Å². The van der Waals surface area contributed by atoms with Crippen LogP contribution >= 0.6 is 0 Å². The van der Waals surface area contributed by atoms with Gasteiger partial charge in [-0.25, -0.2) is 4.68 Å². The van der Waals surface area contributed by atoms with Crippen LogP contribution in [0, 0.1) is 13.8 Å². The summed E-state index contributed by atoms with van der Waals surface area (Å²) in [5.41, 5.74) is 5.98. The number of nitrogens with zero attached hydrogens (tertiary/aromatic N) is 4. The molecule has 0 spiro atoms. The highest BCUT2D eigenvalue weighted by Gasteiger charge is 2.24. The fourth-order valence-corrected chi connectivity index (χ4v) is 3.50. The van der Waals surface area contributed by atoms with E-state index in [2.05, 4.69) is 15.3 Å². The Bertz CT molecular complexity index is 997. The van der Waals surface area contributed by atoms with Crippen LogP contribution in [0.15, 0.2) is 24.3 Å². The zero-order valence-corrected chi connectivity index (χ0v) is 16.8. The largest absolute Gasteiger partial charge is 0.466 e. The predicted molar refractivity (Wildman–Crippen MR) is 106 cm³/mol. The summed E-state index contributed by atoms with van der Waals surface area (Å²) in [6, 6.07) is 7.83. The summed E-state index contributed by atoms with van der Waals surface area (Å²) in [6.07, 6.45) is 0.170. The molecule has 2 heterocycles. The molecule has 0 bridgehead atoms. The van der Waals surface area contributed by atoms with Crippen LogP contribution in [0.5, 0.6) is 0 Å². The van der Waals surface area contributed by atoms with Crippen molar-refractivity contribution in [2.24, 2.45) is 0 Å². The van der Waals surface area contributed by atoms with Crippen molar-refractivity contribution in [2.45, 2.75) is 53.2 Å². The van der Waals surface area contributed by atoms with Gasteiger partial charge in [-0.05, 0) is 56.5 Å². The number of aromatic nitrogens is 4. The summed E-state index contributed by atoms with van der Waals surface area (Å²) < 4.78 is 7.04. The molecule has 0 saturated carbocycles. The number of hydrogen-bond acceptors (Lipinski definition) is 6. The van der Waals surface area contributed by atoms with E-state index in [1.807, 2.05) is 49.7 Å². The van der Waals surface area contributed by atoms with Gasteiger partial charge in [0.1, 0.15) is 5.52 Å². The molecule has 148 valence electrons. The van der Waals surface area contributed by atoms with E-state index in [1.54, 1.807) is 6.92 Å². The molecule has 3 rings (SSSR count). The van der Waals surface area contributed by atoms with Crippen molar-refractivity contribution in [2.75, 3.05) is 6.61 Å². The van der Waals surface area contributed by atoms with Crippen molar-refractivity contribution in [3.63, 3.8) is 0 Å². The highest BCUT2D eigenvalue weighted by Crippen LogP contribution is 2.33. The fraction of sp³-hybridized carbons (Fsp3) is 0.429. The SMILES string of the molecule is CCOC(=O)CC(c1ccc(C)c(CO)n1)c1ccc2c(nnn2CC)c1C. The zero-order chi connectivity index (χ0) is 20.3. The van der Waals surface area contributed by atoms with Crippen LogP contribution in [0.3, 0.4) is 0 Å². The van der Waals surface area contributed by atoms with E-state index in [-0.39, 0.29) is 24.9 Å². The number of aliphatic hydroxyl groups is 1. The Hall–Kier alpha value is -2.80. The van der Waals surface area contributed by atoms with E-state index in [1.165, 1.54) is 0 Å². The number of rotatable bonds is 7. The standard InChI is InChI=1S/C21H26N4O3/c1-5-25-19-10-8-15(14(4)21(19)23-24-25)16(11-20(27)28-6-2)17-9-7-13(3)18(12-26)22-17/h7-10,16,26H,5-6,11-12H2,1-4H3. The van der Waals surface area contributed by atoms with Gasteiger partial charge in [-0.3, -0.25) is 9.78 Å². The minimum absolute atomic E-state index is 0.144. The van der Waals surface area contributed by atoms with Crippen LogP contribution in [0.25, 0.3) is 11.0 Å². The normalized spacial score (nSPS) is 12.3. The Morgan fingerprint density at radius 2 is 2.00 bits per heavy atom. The number of pyridine rings is 1. The van der Waals surface area contributed by atoms with Crippen molar-refractivity contribution in [1.29, 1.82) is 0 Å². The zero-order valence-electron chi connectivity index (χ0n) is 16.8.